The van der Waals surface area contributed by atoms with Gasteiger partial charge in [-0.1, -0.05) is 25.1 Å². The quantitative estimate of drug-likeness (QED) is 0.605. The Morgan fingerprint density at radius 1 is 1.23 bits per heavy atom. The minimum atomic E-state index is -0.297. The molecule has 0 spiro atoms. The minimum absolute atomic E-state index is 0.242. The molecule has 9 nitrogen and oxygen atoms in total. The summed E-state index contributed by atoms with van der Waals surface area (Å²) in [6.45, 7) is 4.60. The van der Waals surface area contributed by atoms with E-state index >= 15 is 0 Å². The van der Waals surface area contributed by atoms with Crippen molar-refractivity contribution >= 4 is 11.6 Å². The Bertz CT molecular complexity index is 1130. The Labute approximate surface area is 179 Å². The lowest BCUT2D eigenvalue weighted by molar-refractivity contribution is -0.124. The van der Waals surface area contributed by atoms with Crippen LogP contribution in [-0.4, -0.2) is 32.6 Å². The van der Waals surface area contributed by atoms with Crippen LogP contribution in [0.5, 0.6) is 5.75 Å². The van der Waals surface area contributed by atoms with Gasteiger partial charge in [-0.15, -0.1) is 5.12 Å². The molecule has 1 aliphatic heterocycles. The lowest BCUT2D eigenvalue weighted by Gasteiger charge is -2.28. The van der Waals surface area contributed by atoms with Crippen molar-refractivity contribution in [2.45, 2.75) is 33.4 Å². The molecule has 1 amide bonds. The number of carbonyl (C=O) groups excluding carboxylic acids is 1. The Kier molecular flexibility index (Phi) is 5.94. The fourth-order valence-electron chi connectivity index (χ4n) is 3.46. The Morgan fingerprint density at radius 3 is 2.77 bits per heavy atom. The zero-order valence-corrected chi connectivity index (χ0v) is 17.5. The molecule has 0 radical (unpaired) electrons. The number of hydrazine groups is 2. The molecule has 2 aromatic heterocycles. The number of ether oxygens (including phenoxy) is 1. The zero-order chi connectivity index (χ0) is 21.8. The van der Waals surface area contributed by atoms with E-state index in [0.29, 0.717) is 41.7 Å². The minimum Gasteiger partial charge on any atom is -0.493 e. The molecule has 31 heavy (non-hydrogen) atoms. The Hall–Kier alpha value is -3.72. The summed E-state index contributed by atoms with van der Waals surface area (Å²) in [5.41, 5.74) is 4.88. The standard InChI is InChI=1S/C22H24N6O3/c1-3-12-31-19-10-5-4-9-17(19)21-24-18-14-28(26-15(2)29)27(20(18)22(30)25-21)13-16-8-6-7-11-23-16/h4-11H,3,12-14H2,1-2H3,(H,26,29)(H,24,25,30). The summed E-state index contributed by atoms with van der Waals surface area (Å²) in [4.78, 5) is 36.8. The summed E-state index contributed by atoms with van der Waals surface area (Å²) < 4.78 is 5.83. The molecule has 3 heterocycles. The number of pyridine rings is 1. The molecule has 1 aliphatic rings. The third-order valence-corrected chi connectivity index (χ3v) is 4.74. The number of nitrogens with one attached hydrogen (secondary N) is 2. The number of H-pyrrole nitrogens is 1. The maximum absolute atomic E-state index is 13.1. The van der Waals surface area contributed by atoms with Crippen LogP contribution in [0.3, 0.4) is 0 Å². The second-order valence-corrected chi connectivity index (χ2v) is 7.16. The predicted molar refractivity (Wildman–Crippen MR) is 116 cm³/mol. The van der Waals surface area contributed by atoms with Gasteiger partial charge in [-0.3, -0.25) is 25.0 Å². The van der Waals surface area contributed by atoms with Crippen LogP contribution < -0.4 is 20.7 Å². The van der Waals surface area contributed by atoms with Gasteiger partial charge in [-0.05, 0) is 30.7 Å². The molecule has 0 saturated heterocycles. The van der Waals surface area contributed by atoms with Crippen molar-refractivity contribution in [2.75, 3.05) is 11.6 Å². The predicted octanol–water partition coefficient (Wildman–Crippen LogP) is 2.41. The largest absolute Gasteiger partial charge is 0.493 e. The molecule has 2 N–H and O–H groups in total. The first-order valence-electron chi connectivity index (χ1n) is 10.1. The monoisotopic (exact) mass is 420 g/mol. The van der Waals surface area contributed by atoms with Crippen molar-refractivity contribution in [1.82, 2.24) is 25.5 Å². The summed E-state index contributed by atoms with van der Waals surface area (Å²) in [6.07, 6.45) is 2.56. The first-order chi connectivity index (χ1) is 15.1. The number of hydrogen-bond acceptors (Lipinski definition) is 7. The maximum atomic E-state index is 13.1. The van der Waals surface area contributed by atoms with E-state index in [1.807, 2.05) is 49.4 Å². The number of hydrogen-bond donors (Lipinski definition) is 2. The fourth-order valence-corrected chi connectivity index (χ4v) is 3.46. The number of anilines is 1. The lowest BCUT2D eigenvalue weighted by atomic mass is 10.2. The van der Waals surface area contributed by atoms with E-state index in [1.165, 1.54) is 6.92 Å². The van der Waals surface area contributed by atoms with Gasteiger partial charge in [0, 0.05) is 13.1 Å². The van der Waals surface area contributed by atoms with Crippen LogP contribution in [0.1, 0.15) is 31.7 Å². The molecule has 0 unspecified atom stereocenters. The first kappa shape index (κ1) is 20.5. The summed E-state index contributed by atoms with van der Waals surface area (Å²) in [7, 11) is 0. The van der Waals surface area contributed by atoms with Gasteiger partial charge in [0.2, 0.25) is 5.91 Å². The summed E-state index contributed by atoms with van der Waals surface area (Å²) in [5.74, 6) is 0.848. The van der Waals surface area contributed by atoms with Gasteiger partial charge in [0.05, 0.1) is 36.6 Å². The second-order valence-electron chi connectivity index (χ2n) is 7.16. The van der Waals surface area contributed by atoms with Crippen molar-refractivity contribution in [3.8, 4) is 17.1 Å². The summed E-state index contributed by atoms with van der Waals surface area (Å²) in [6, 6.07) is 13.0. The van der Waals surface area contributed by atoms with Crippen LogP contribution in [0.15, 0.2) is 53.5 Å². The SMILES string of the molecule is CCCOc1ccccc1-c1nc2c(c(=O)[nH]1)N(Cc1ccccn1)N(NC(C)=O)C2. The Balaban J connectivity index is 1.74. The van der Waals surface area contributed by atoms with E-state index in [4.69, 9.17) is 9.72 Å². The van der Waals surface area contributed by atoms with E-state index in [9.17, 15) is 9.59 Å². The Morgan fingerprint density at radius 2 is 2.03 bits per heavy atom. The number of rotatable bonds is 7. The highest BCUT2D eigenvalue weighted by molar-refractivity contribution is 5.73. The van der Waals surface area contributed by atoms with Crippen molar-refractivity contribution in [3.05, 3.63) is 70.4 Å². The van der Waals surface area contributed by atoms with E-state index < -0.39 is 0 Å². The highest BCUT2D eigenvalue weighted by atomic mass is 16.5. The highest BCUT2D eigenvalue weighted by Gasteiger charge is 2.33. The number of nitrogens with zero attached hydrogens (tertiary/aromatic N) is 4. The smallest absolute Gasteiger partial charge is 0.276 e. The average molecular weight is 420 g/mol. The van der Waals surface area contributed by atoms with Crippen LogP contribution in [0.2, 0.25) is 0 Å². The van der Waals surface area contributed by atoms with Gasteiger partial charge < -0.3 is 9.72 Å². The topological polar surface area (TPSA) is 103 Å². The molecule has 0 aliphatic carbocycles. The van der Waals surface area contributed by atoms with E-state index in [1.54, 1.807) is 16.3 Å². The van der Waals surface area contributed by atoms with Crippen LogP contribution in [-0.2, 0) is 17.9 Å². The van der Waals surface area contributed by atoms with Crippen LogP contribution in [0.4, 0.5) is 5.69 Å². The van der Waals surface area contributed by atoms with Gasteiger partial charge in [-0.25, -0.2) is 4.98 Å². The van der Waals surface area contributed by atoms with Crippen molar-refractivity contribution in [2.24, 2.45) is 0 Å². The number of amides is 1. The molecule has 0 bridgehead atoms. The molecule has 4 rings (SSSR count). The molecule has 9 heteroatoms. The number of benzene rings is 1. The number of aromatic amines is 1. The van der Waals surface area contributed by atoms with Gasteiger partial charge in [0.1, 0.15) is 17.3 Å². The molecule has 0 fully saturated rings. The molecule has 0 atom stereocenters. The lowest BCUT2D eigenvalue weighted by Crippen LogP contribution is -2.49. The van der Waals surface area contributed by atoms with Crippen molar-refractivity contribution < 1.29 is 9.53 Å². The van der Waals surface area contributed by atoms with Crippen molar-refractivity contribution in [3.63, 3.8) is 0 Å². The van der Waals surface area contributed by atoms with Crippen LogP contribution in [0.25, 0.3) is 11.4 Å². The molecule has 160 valence electrons. The third-order valence-electron chi connectivity index (χ3n) is 4.74. The first-order valence-corrected chi connectivity index (χ1v) is 10.1. The third kappa shape index (κ3) is 4.41. The van der Waals surface area contributed by atoms with Crippen LogP contribution >= 0.6 is 0 Å². The van der Waals surface area contributed by atoms with Crippen molar-refractivity contribution in [1.29, 1.82) is 0 Å². The second kappa shape index (κ2) is 8.97. The van der Waals surface area contributed by atoms with Gasteiger partial charge in [0.15, 0.2) is 0 Å². The van der Waals surface area contributed by atoms with Gasteiger partial charge >= 0.3 is 0 Å². The maximum Gasteiger partial charge on any atom is 0.276 e. The van der Waals surface area contributed by atoms with Gasteiger partial charge in [0.25, 0.3) is 5.56 Å². The average Bonchev–Trinajstić information content (AvgIpc) is 3.09. The summed E-state index contributed by atoms with van der Waals surface area (Å²) >= 11 is 0. The summed E-state index contributed by atoms with van der Waals surface area (Å²) in [5, 5.41) is 3.28. The van der Waals surface area contributed by atoms with Crippen LogP contribution in [0, 0.1) is 0 Å². The molecule has 3 aromatic rings. The number of aromatic nitrogens is 3. The molecular formula is C22H24N6O3. The normalized spacial score (nSPS) is 13.2. The highest BCUT2D eigenvalue weighted by Crippen LogP contribution is 2.31. The molecule has 0 saturated carbocycles. The number of carbonyl (C=O) groups is 1. The van der Waals surface area contributed by atoms with Gasteiger partial charge in [-0.2, -0.15) is 0 Å². The molecular weight excluding hydrogens is 396 g/mol. The zero-order valence-electron chi connectivity index (χ0n) is 17.5. The number of para-hydroxylation sites is 1. The molecule has 1 aromatic carbocycles. The van der Waals surface area contributed by atoms with E-state index in [-0.39, 0.29) is 18.0 Å². The number of fused-ring (bicyclic) bond motifs is 1. The fraction of sp³-hybridized carbons (Fsp3) is 0.273. The van der Waals surface area contributed by atoms with E-state index in [2.05, 4.69) is 15.4 Å². The van der Waals surface area contributed by atoms with E-state index in [0.717, 1.165) is 12.1 Å².